The molecule has 10 heteroatoms. The van der Waals surface area contributed by atoms with Gasteiger partial charge in [-0.05, 0) is 30.7 Å². The van der Waals surface area contributed by atoms with Crippen molar-refractivity contribution >= 4 is 51.2 Å². The van der Waals surface area contributed by atoms with Crippen LogP contribution >= 0.6 is 23.1 Å². The molecule has 0 aliphatic carbocycles. The second kappa shape index (κ2) is 8.81. The van der Waals surface area contributed by atoms with Gasteiger partial charge in [0.15, 0.2) is 4.34 Å². The zero-order valence-electron chi connectivity index (χ0n) is 15.1. The van der Waals surface area contributed by atoms with Crippen molar-refractivity contribution in [3.8, 4) is 0 Å². The van der Waals surface area contributed by atoms with E-state index < -0.39 is 0 Å². The average molecular weight is 416 g/mol. The van der Waals surface area contributed by atoms with Crippen molar-refractivity contribution in [2.75, 3.05) is 10.6 Å². The largest absolute Gasteiger partial charge is 0.330 e. The van der Waals surface area contributed by atoms with E-state index in [9.17, 15) is 14.9 Å². The number of carbonyl (C=O) groups excluding carboxylic acids is 1. The number of anilines is 3. The van der Waals surface area contributed by atoms with Crippen LogP contribution in [0.15, 0.2) is 46.8 Å². The Morgan fingerprint density at radius 3 is 2.71 bits per heavy atom. The van der Waals surface area contributed by atoms with Crippen LogP contribution in [0.4, 0.5) is 22.2 Å². The molecule has 3 rings (SSSR count). The maximum Gasteiger partial charge on any atom is 0.272 e. The van der Waals surface area contributed by atoms with Gasteiger partial charge >= 0.3 is 0 Å². The van der Waals surface area contributed by atoms with Crippen molar-refractivity contribution < 1.29 is 9.72 Å². The van der Waals surface area contributed by atoms with E-state index >= 15 is 0 Å². The second-order valence-corrected chi connectivity index (χ2v) is 8.07. The van der Waals surface area contributed by atoms with Gasteiger partial charge in [-0.1, -0.05) is 41.3 Å². The van der Waals surface area contributed by atoms with Crippen molar-refractivity contribution in [3.63, 3.8) is 0 Å². The Hall–Kier alpha value is -2.98. The highest BCUT2D eigenvalue weighted by atomic mass is 32.2. The van der Waals surface area contributed by atoms with Gasteiger partial charge in [0.1, 0.15) is 0 Å². The van der Waals surface area contributed by atoms with E-state index in [-0.39, 0.29) is 16.5 Å². The topological polar surface area (TPSA) is 110 Å². The van der Waals surface area contributed by atoms with Crippen LogP contribution in [0.25, 0.3) is 0 Å². The van der Waals surface area contributed by atoms with E-state index in [1.807, 2.05) is 24.3 Å². The predicted molar refractivity (Wildman–Crippen MR) is 111 cm³/mol. The van der Waals surface area contributed by atoms with Gasteiger partial charge in [-0.2, -0.15) is 0 Å². The normalized spacial score (nSPS) is 10.5. The minimum atomic E-state index is -0.369. The highest BCUT2D eigenvalue weighted by Crippen LogP contribution is 2.32. The molecule has 0 saturated heterocycles. The first-order valence-electron chi connectivity index (χ1n) is 8.26. The second-order valence-electron chi connectivity index (χ2n) is 5.87. The molecule has 0 radical (unpaired) electrons. The Morgan fingerprint density at radius 2 is 1.96 bits per heavy atom. The van der Waals surface area contributed by atoms with Gasteiger partial charge in [-0.15, -0.1) is 10.2 Å². The lowest BCUT2D eigenvalue weighted by atomic mass is 10.1. The van der Waals surface area contributed by atoms with Crippen LogP contribution in [-0.2, 0) is 10.5 Å². The van der Waals surface area contributed by atoms with Gasteiger partial charge in [0.05, 0.1) is 4.92 Å². The lowest BCUT2D eigenvalue weighted by Gasteiger charge is -2.06. The van der Waals surface area contributed by atoms with Gasteiger partial charge in [0, 0.05) is 35.7 Å². The van der Waals surface area contributed by atoms with Crippen LogP contribution in [0.2, 0.25) is 0 Å². The van der Waals surface area contributed by atoms with Gasteiger partial charge < -0.3 is 10.6 Å². The van der Waals surface area contributed by atoms with Gasteiger partial charge in [0.25, 0.3) is 5.69 Å². The number of carbonyl (C=O) groups is 1. The third kappa shape index (κ3) is 5.05. The fourth-order valence-electron chi connectivity index (χ4n) is 2.48. The minimum Gasteiger partial charge on any atom is -0.330 e. The number of nitrogens with zero attached hydrogens (tertiary/aromatic N) is 3. The fourth-order valence-corrected chi connectivity index (χ4v) is 4.32. The summed E-state index contributed by atoms with van der Waals surface area (Å²) in [5, 5.41) is 25.8. The SMILES string of the molecule is CC(=O)Nc1cccc(Nc2nnc(SCc3cccc([N+](=O)[O-])c3C)s2)c1. The van der Waals surface area contributed by atoms with Crippen molar-refractivity contribution in [1.29, 1.82) is 0 Å². The van der Waals surface area contributed by atoms with E-state index in [1.54, 1.807) is 19.1 Å². The molecule has 0 fully saturated rings. The number of hydrogen-bond donors (Lipinski definition) is 2. The highest BCUT2D eigenvalue weighted by molar-refractivity contribution is 8.00. The predicted octanol–water partition coefficient (Wildman–Crippen LogP) is 4.75. The van der Waals surface area contributed by atoms with Gasteiger partial charge in [-0.25, -0.2) is 0 Å². The van der Waals surface area contributed by atoms with Gasteiger partial charge in [-0.3, -0.25) is 14.9 Å². The Balaban J connectivity index is 1.64. The average Bonchev–Trinajstić information content (AvgIpc) is 3.07. The van der Waals surface area contributed by atoms with Crippen molar-refractivity contribution in [3.05, 3.63) is 63.7 Å². The lowest BCUT2D eigenvalue weighted by molar-refractivity contribution is -0.385. The van der Waals surface area contributed by atoms with Crippen LogP contribution in [0.5, 0.6) is 0 Å². The van der Waals surface area contributed by atoms with Crippen LogP contribution in [0.1, 0.15) is 18.1 Å². The summed E-state index contributed by atoms with van der Waals surface area (Å²) in [5.41, 5.74) is 3.16. The first kappa shape index (κ1) is 19.8. The molecule has 0 aliphatic rings. The summed E-state index contributed by atoms with van der Waals surface area (Å²) in [6.45, 7) is 3.21. The maximum atomic E-state index is 11.2. The van der Waals surface area contributed by atoms with Crippen molar-refractivity contribution in [1.82, 2.24) is 10.2 Å². The molecule has 3 aromatic rings. The number of thioether (sulfide) groups is 1. The minimum absolute atomic E-state index is 0.122. The molecule has 8 nitrogen and oxygen atoms in total. The summed E-state index contributed by atoms with van der Waals surface area (Å²) < 4.78 is 0.756. The molecule has 1 amide bonds. The van der Waals surface area contributed by atoms with Crippen LogP contribution < -0.4 is 10.6 Å². The van der Waals surface area contributed by atoms with E-state index in [2.05, 4.69) is 20.8 Å². The summed E-state index contributed by atoms with van der Waals surface area (Å²) in [6.07, 6.45) is 0. The number of nitro groups is 1. The fraction of sp³-hybridized carbons (Fsp3) is 0.167. The Labute approximate surface area is 169 Å². The Morgan fingerprint density at radius 1 is 1.21 bits per heavy atom. The molecule has 1 heterocycles. The van der Waals surface area contributed by atoms with Crippen LogP contribution in [0, 0.1) is 17.0 Å². The van der Waals surface area contributed by atoms with E-state index in [0.717, 1.165) is 15.6 Å². The van der Waals surface area contributed by atoms with Gasteiger partial charge in [0.2, 0.25) is 11.0 Å². The molecular weight excluding hydrogens is 398 g/mol. The highest BCUT2D eigenvalue weighted by Gasteiger charge is 2.14. The molecule has 0 atom stereocenters. The molecule has 1 aromatic heterocycles. The molecular formula is C18H17N5O3S2. The molecule has 0 bridgehead atoms. The van der Waals surface area contributed by atoms with E-state index in [0.29, 0.717) is 22.1 Å². The molecule has 0 aliphatic heterocycles. The zero-order valence-corrected chi connectivity index (χ0v) is 16.8. The molecule has 0 unspecified atom stereocenters. The standard InChI is InChI=1S/C18H17N5O3S2/c1-11-13(5-3-8-16(11)23(25)26)10-27-18-22-21-17(28-18)20-15-7-4-6-14(9-15)19-12(2)24/h3-9H,10H2,1-2H3,(H,19,24)(H,20,21). The Kier molecular flexibility index (Phi) is 6.22. The molecule has 2 aromatic carbocycles. The number of amides is 1. The number of aromatic nitrogens is 2. The number of rotatable bonds is 7. The summed E-state index contributed by atoms with van der Waals surface area (Å²) >= 11 is 2.87. The summed E-state index contributed by atoms with van der Waals surface area (Å²) in [6, 6.07) is 12.4. The zero-order chi connectivity index (χ0) is 20.1. The quantitative estimate of drug-likeness (QED) is 0.325. The number of nitrogens with one attached hydrogen (secondary N) is 2. The monoisotopic (exact) mass is 415 g/mol. The third-order valence-electron chi connectivity index (χ3n) is 3.81. The molecule has 28 heavy (non-hydrogen) atoms. The summed E-state index contributed by atoms with van der Waals surface area (Å²) in [7, 11) is 0. The first-order chi connectivity index (χ1) is 13.4. The summed E-state index contributed by atoms with van der Waals surface area (Å²) in [4.78, 5) is 21.9. The van der Waals surface area contributed by atoms with E-state index in [1.165, 1.54) is 36.1 Å². The molecule has 144 valence electrons. The number of nitro benzene ring substituents is 1. The van der Waals surface area contributed by atoms with Crippen LogP contribution in [0.3, 0.4) is 0 Å². The van der Waals surface area contributed by atoms with E-state index in [4.69, 9.17) is 0 Å². The molecule has 0 spiro atoms. The molecule has 2 N–H and O–H groups in total. The van der Waals surface area contributed by atoms with Crippen molar-refractivity contribution in [2.45, 2.75) is 23.9 Å². The maximum absolute atomic E-state index is 11.2. The third-order valence-corrected chi connectivity index (χ3v) is 5.83. The lowest BCUT2D eigenvalue weighted by Crippen LogP contribution is -2.05. The van der Waals surface area contributed by atoms with Crippen molar-refractivity contribution in [2.24, 2.45) is 0 Å². The number of hydrogen-bond acceptors (Lipinski definition) is 8. The molecule has 0 saturated carbocycles. The smallest absolute Gasteiger partial charge is 0.272 e. The Bertz CT molecular complexity index is 1020. The first-order valence-corrected chi connectivity index (χ1v) is 10.1. The number of benzene rings is 2. The van der Waals surface area contributed by atoms with Crippen LogP contribution in [-0.4, -0.2) is 21.0 Å². The summed E-state index contributed by atoms with van der Waals surface area (Å²) in [5.74, 6) is 0.434.